The molecule has 0 spiro atoms. The van der Waals surface area contributed by atoms with E-state index in [4.69, 9.17) is 4.74 Å². The number of morpholine rings is 1. The molecule has 17 heavy (non-hydrogen) atoms. The summed E-state index contributed by atoms with van der Waals surface area (Å²) in [7, 11) is 2.01. The average Bonchev–Trinajstić information content (AvgIpc) is 2.40. The van der Waals surface area contributed by atoms with Gasteiger partial charge in [-0.2, -0.15) is 0 Å². The first kappa shape index (κ1) is 13.3. The van der Waals surface area contributed by atoms with Crippen LogP contribution < -0.4 is 5.32 Å². The first-order chi connectivity index (χ1) is 8.33. The van der Waals surface area contributed by atoms with Crippen LogP contribution >= 0.6 is 0 Å². The fraction of sp³-hybridized carbons (Fsp3) is 1.00. The van der Waals surface area contributed by atoms with Crippen molar-refractivity contribution in [3.63, 3.8) is 0 Å². The largest absolute Gasteiger partial charge is 0.374 e. The number of likely N-dealkylation sites (N-methyl/N-ethyl adjacent to an activating group) is 1. The van der Waals surface area contributed by atoms with E-state index in [0.717, 1.165) is 38.2 Å². The van der Waals surface area contributed by atoms with E-state index in [2.05, 4.69) is 17.1 Å². The Labute approximate surface area is 106 Å². The summed E-state index contributed by atoms with van der Waals surface area (Å²) in [6.07, 6.45) is 7.47. The van der Waals surface area contributed by atoms with Gasteiger partial charge in [0.15, 0.2) is 0 Å². The molecule has 2 aliphatic rings. The number of ether oxygens (including phenoxy) is 1. The van der Waals surface area contributed by atoms with Gasteiger partial charge in [0.1, 0.15) is 0 Å². The second kappa shape index (κ2) is 6.72. The average molecular weight is 240 g/mol. The van der Waals surface area contributed by atoms with Crippen molar-refractivity contribution >= 4 is 0 Å². The standard InChI is InChI=1S/C14H28N2O/c1-3-12-5-4-6-13(9-12)16-7-8-17-14(11-16)10-15-2/h12-15H,3-11H2,1-2H3. The first-order valence-corrected chi connectivity index (χ1v) is 7.33. The van der Waals surface area contributed by atoms with E-state index in [9.17, 15) is 0 Å². The highest BCUT2D eigenvalue weighted by molar-refractivity contribution is 4.83. The highest BCUT2D eigenvalue weighted by Gasteiger charge is 2.29. The summed E-state index contributed by atoms with van der Waals surface area (Å²) >= 11 is 0. The Hall–Kier alpha value is -0.120. The fourth-order valence-electron chi connectivity index (χ4n) is 3.39. The van der Waals surface area contributed by atoms with Crippen molar-refractivity contribution in [1.29, 1.82) is 0 Å². The van der Waals surface area contributed by atoms with Gasteiger partial charge in [0.25, 0.3) is 0 Å². The highest BCUT2D eigenvalue weighted by Crippen LogP contribution is 2.30. The third kappa shape index (κ3) is 3.67. The van der Waals surface area contributed by atoms with Crippen molar-refractivity contribution in [1.82, 2.24) is 10.2 Å². The van der Waals surface area contributed by atoms with Gasteiger partial charge < -0.3 is 10.1 Å². The van der Waals surface area contributed by atoms with Crippen molar-refractivity contribution in [3.05, 3.63) is 0 Å². The normalized spacial score (nSPS) is 36.0. The van der Waals surface area contributed by atoms with Crippen LogP contribution in [0.5, 0.6) is 0 Å². The Morgan fingerprint density at radius 2 is 2.24 bits per heavy atom. The van der Waals surface area contributed by atoms with E-state index in [1.807, 2.05) is 7.05 Å². The van der Waals surface area contributed by atoms with E-state index in [-0.39, 0.29) is 0 Å². The Morgan fingerprint density at radius 1 is 1.35 bits per heavy atom. The molecule has 0 aromatic rings. The van der Waals surface area contributed by atoms with Crippen molar-refractivity contribution in [2.75, 3.05) is 33.3 Å². The summed E-state index contributed by atoms with van der Waals surface area (Å²) in [4.78, 5) is 2.69. The predicted molar refractivity (Wildman–Crippen MR) is 71.3 cm³/mol. The van der Waals surface area contributed by atoms with Gasteiger partial charge in [-0.25, -0.2) is 0 Å². The van der Waals surface area contributed by atoms with E-state index in [0.29, 0.717) is 6.10 Å². The first-order valence-electron chi connectivity index (χ1n) is 7.33. The van der Waals surface area contributed by atoms with Crippen molar-refractivity contribution in [2.24, 2.45) is 5.92 Å². The lowest BCUT2D eigenvalue weighted by molar-refractivity contribution is -0.0493. The Balaban J connectivity index is 1.83. The van der Waals surface area contributed by atoms with Gasteiger partial charge in [-0.15, -0.1) is 0 Å². The zero-order valence-electron chi connectivity index (χ0n) is 11.5. The molecule has 1 aliphatic carbocycles. The van der Waals surface area contributed by atoms with E-state index in [1.165, 1.54) is 32.1 Å². The number of hydrogen-bond acceptors (Lipinski definition) is 3. The number of rotatable bonds is 4. The van der Waals surface area contributed by atoms with Crippen LogP contribution in [-0.4, -0.2) is 50.3 Å². The number of nitrogens with zero attached hydrogens (tertiary/aromatic N) is 1. The lowest BCUT2D eigenvalue weighted by Crippen LogP contribution is -2.51. The molecule has 3 nitrogen and oxygen atoms in total. The van der Waals surface area contributed by atoms with Crippen LogP contribution in [0.3, 0.4) is 0 Å². The molecule has 1 heterocycles. The molecule has 0 radical (unpaired) electrons. The van der Waals surface area contributed by atoms with Gasteiger partial charge in [-0.05, 0) is 25.8 Å². The van der Waals surface area contributed by atoms with Crippen LogP contribution in [0.2, 0.25) is 0 Å². The monoisotopic (exact) mass is 240 g/mol. The molecule has 3 unspecified atom stereocenters. The van der Waals surface area contributed by atoms with Crippen molar-refractivity contribution in [3.8, 4) is 0 Å². The van der Waals surface area contributed by atoms with Gasteiger partial charge in [-0.3, -0.25) is 4.90 Å². The summed E-state index contributed by atoms with van der Waals surface area (Å²) < 4.78 is 5.79. The second-order valence-electron chi connectivity index (χ2n) is 5.64. The van der Waals surface area contributed by atoms with Crippen LogP contribution in [0.15, 0.2) is 0 Å². The van der Waals surface area contributed by atoms with Crippen LogP contribution in [0.1, 0.15) is 39.0 Å². The second-order valence-corrected chi connectivity index (χ2v) is 5.64. The molecule has 2 rings (SSSR count). The maximum Gasteiger partial charge on any atom is 0.0826 e. The van der Waals surface area contributed by atoms with Gasteiger partial charge in [0.2, 0.25) is 0 Å². The molecule has 1 saturated heterocycles. The van der Waals surface area contributed by atoms with Crippen LogP contribution in [0.4, 0.5) is 0 Å². The lowest BCUT2D eigenvalue weighted by atomic mass is 9.83. The molecular weight excluding hydrogens is 212 g/mol. The summed E-state index contributed by atoms with van der Waals surface area (Å²) in [6, 6.07) is 0.831. The maximum absolute atomic E-state index is 5.79. The van der Waals surface area contributed by atoms with E-state index in [1.54, 1.807) is 0 Å². The zero-order chi connectivity index (χ0) is 12.1. The fourth-order valence-corrected chi connectivity index (χ4v) is 3.39. The topological polar surface area (TPSA) is 24.5 Å². The molecule has 2 fully saturated rings. The molecule has 1 saturated carbocycles. The van der Waals surface area contributed by atoms with Crippen LogP contribution in [-0.2, 0) is 4.74 Å². The minimum absolute atomic E-state index is 0.399. The zero-order valence-corrected chi connectivity index (χ0v) is 11.5. The third-order valence-electron chi connectivity index (χ3n) is 4.45. The van der Waals surface area contributed by atoms with Gasteiger partial charge >= 0.3 is 0 Å². The molecule has 0 amide bonds. The van der Waals surface area contributed by atoms with Crippen molar-refractivity contribution in [2.45, 2.75) is 51.2 Å². The smallest absolute Gasteiger partial charge is 0.0826 e. The minimum Gasteiger partial charge on any atom is -0.374 e. The van der Waals surface area contributed by atoms with Gasteiger partial charge in [-0.1, -0.05) is 26.2 Å². The number of nitrogens with one attached hydrogen (secondary N) is 1. The summed E-state index contributed by atoms with van der Waals surface area (Å²) in [5.41, 5.74) is 0. The van der Waals surface area contributed by atoms with E-state index >= 15 is 0 Å². The molecule has 1 aliphatic heterocycles. The predicted octanol–water partition coefficient (Wildman–Crippen LogP) is 1.88. The SMILES string of the molecule is CCC1CCCC(N2CCOC(CNC)C2)C1. The molecule has 1 N–H and O–H groups in total. The minimum atomic E-state index is 0.399. The lowest BCUT2D eigenvalue weighted by Gasteiger charge is -2.41. The van der Waals surface area contributed by atoms with Crippen molar-refractivity contribution < 1.29 is 4.74 Å². The Bertz CT molecular complexity index is 220. The Morgan fingerprint density at radius 3 is 3.00 bits per heavy atom. The molecule has 3 heteroatoms. The van der Waals surface area contributed by atoms with Crippen LogP contribution in [0, 0.1) is 5.92 Å². The maximum atomic E-state index is 5.79. The molecule has 100 valence electrons. The van der Waals surface area contributed by atoms with E-state index < -0.39 is 0 Å². The molecule has 0 aromatic carbocycles. The molecule has 0 aromatic heterocycles. The van der Waals surface area contributed by atoms with Gasteiger partial charge in [0.05, 0.1) is 12.7 Å². The summed E-state index contributed by atoms with van der Waals surface area (Å²) in [5, 5.41) is 3.23. The molecule has 0 bridgehead atoms. The summed E-state index contributed by atoms with van der Waals surface area (Å²) in [6.45, 7) is 6.51. The number of hydrogen-bond donors (Lipinski definition) is 1. The highest BCUT2D eigenvalue weighted by atomic mass is 16.5. The van der Waals surface area contributed by atoms with Crippen LogP contribution in [0.25, 0.3) is 0 Å². The van der Waals surface area contributed by atoms with Gasteiger partial charge in [0, 0.05) is 25.7 Å². The molecule has 3 atom stereocenters. The quantitative estimate of drug-likeness (QED) is 0.812. The summed E-state index contributed by atoms with van der Waals surface area (Å²) in [5.74, 6) is 0.972. The third-order valence-corrected chi connectivity index (χ3v) is 4.45. The molecular formula is C14H28N2O. The Kier molecular flexibility index (Phi) is 5.26.